The van der Waals surface area contributed by atoms with E-state index in [-0.39, 0.29) is 12.2 Å². The maximum atomic E-state index is 11.7. The van der Waals surface area contributed by atoms with Gasteiger partial charge in [0.15, 0.2) is 0 Å². The van der Waals surface area contributed by atoms with Gasteiger partial charge in [-0.15, -0.1) is 0 Å². The van der Waals surface area contributed by atoms with Crippen LogP contribution in [0.4, 0.5) is 0 Å². The van der Waals surface area contributed by atoms with E-state index in [4.69, 9.17) is 27.2 Å². The second-order valence-corrected chi connectivity index (χ2v) is 4.86. The average molecular weight is 301 g/mol. The number of aromatic hydroxyl groups is 1. The molecule has 0 aliphatic rings. The van der Waals surface area contributed by atoms with Crippen molar-refractivity contribution in [2.45, 2.75) is 18.0 Å². The zero-order valence-corrected chi connectivity index (χ0v) is 12.0. The van der Waals surface area contributed by atoms with Crippen molar-refractivity contribution < 1.29 is 19.4 Å². The summed E-state index contributed by atoms with van der Waals surface area (Å²) in [4.78, 5) is 24.4. The van der Waals surface area contributed by atoms with Crippen LogP contribution in [-0.4, -0.2) is 47.6 Å². The number of amides is 1. The van der Waals surface area contributed by atoms with E-state index in [9.17, 15) is 9.59 Å². The van der Waals surface area contributed by atoms with E-state index in [0.29, 0.717) is 0 Å². The first-order chi connectivity index (χ1) is 9.31. The number of phenols is 1. The molecule has 1 rings (SSSR count). The van der Waals surface area contributed by atoms with Crippen molar-refractivity contribution in [2.75, 3.05) is 14.1 Å². The molecule has 1 aromatic carbocycles. The van der Waals surface area contributed by atoms with Crippen molar-refractivity contribution in [3.8, 4) is 5.75 Å². The summed E-state index contributed by atoms with van der Waals surface area (Å²) in [5.74, 6) is -1.16. The topological polar surface area (TPSA) is 92.9 Å². The van der Waals surface area contributed by atoms with Gasteiger partial charge < -0.3 is 20.5 Å². The van der Waals surface area contributed by atoms with E-state index in [2.05, 4.69) is 0 Å². The Balaban J connectivity index is 2.55. The Morgan fingerprint density at radius 1 is 1.35 bits per heavy atom. The van der Waals surface area contributed by atoms with Crippen LogP contribution in [0.2, 0.25) is 0 Å². The number of nitrogens with zero attached hydrogens (tertiary/aromatic N) is 1. The maximum absolute atomic E-state index is 11.7. The predicted molar refractivity (Wildman–Crippen MR) is 74.2 cm³/mol. The highest BCUT2D eigenvalue weighted by Gasteiger charge is 2.25. The van der Waals surface area contributed by atoms with Crippen LogP contribution >= 0.6 is 11.6 Å². The lowest BCUT2D eigenvalue weighted by atomic mass is 10.1. The minimum absolute atomic E-state index is 0.127. The molecule has 0 heterocycles. The number of likely N-dealkylation sites (N-methyl/N-ethyl adjacent to an activating group) is 1. The molecule has 20 heavy (non-hydrogen) atoms. The zero-order valence-electron chi connectivity index (χ0n) is 11.2. The average Bonchev–Trinajstić information content (AvgIpc) is 2.40. The summed E-state index contributed by atoms with van der Waals surface area (Å²) in [5, 5.41) is 9.15. The molecule has 1 aromatic rings. The quantitative estimate of drug-likeness (QED) is 0.609. The summed E-state index contributed by atoms with van der Waals surface area (Å²) in [5.41, 5.74) is 5.07. The third kappa shape index (κ3) is 4.71. The first-order valence-electron chi connectivity index (χ1n) is 5.90. The highest BCUT2D eigenvalue weighted by molar-refractivity contribution is 6.30. The van der Waals surface area contributed by atoms with Gasteiger partial charge in [0.25, 0.3) is 11.5 Å². The summed E-state index contributed by atoms with van der Waals surface area (Å²) in [7, 11) is 3.00. The summed E-state index contributed by atoms with van der Waals surface area (Å²) in [6.45, 7) is 0. The molecule has 3 N–H and O–H groups in total. The Hall–Kier alpha value is -1.79. The van der Waals surface area contributed by atoms with Crippen LogP contribution in [0, 0.1) is 0 Å². The number of benzene rings is 1. The number of hydrogen-bond acceptors (Lipinski definition) is 5. The smallest absolute Gasteiger partial charge is 0.325 e. The van der Waals surface area contributed by atoms with E-state index in [0.717, 1.165) is 5.56 Å². The summed E-state index contributed by atoms with van der Waals surface area (Å²) in [6.07, 6.45) is 0.221. The van der Waals surface area contributed by atoms with Crippen molar-refractivity contribution in [1.82, 2.24) is 4.90 Å². The maximum Gasteiger partial charge on any atom is 0.325 e. The van der Waals surface area contributed by atoms with Crippen LogP contribution in [0.15, 0.2) is 24.3 Å². The monoisotopic (exact) mass is 300 g/mol. The Labute approximate surface area is 122 Å². The Bertz CT molecular complexity index is 476. The number of hydrogen-bond donors (Lipinski definition) is 2. The molecule has 0 fully saturated rings. The molecule has 2 atom stereocenters. The van der Waals surface area contributed by atoms with E-state index >= 15 is 0 Å². The molecule has 6 nitrogen and oxygen atoms in total. The fourth-order valence-corrected chi connectivity index (χ4v) is 1.70. The number of esters is 1. The van der Waals surface area contributed by atoms with Crippen LogP contribution in [0.1, 0.15) is 5.56 Å². The molecule has 0 aromatic heterocycles. The normalized spacial score (nSPS) is 13.4. The minimum atomic E-state index is -1.39. The number of carbonyl (C=O) groups excluding carboxylic acids is 2. The molecule has 0 aliphatic carbocycles. The van der Waals surface area contributed by atoms with E-state index < -0.39 is 23.5 Å². The SMILES string of the molecule is CN(C)C(=O)C(Cl)OC(=O)C(N)Cc1ccc(O)cc1. The van der Waals surface area contributed by atoms with E-state index in [1.54, 1.807) is 12.1 Å². The highest BCUT2D eigenvalue weighted by Crippen LogP contribution is 2.12. The molecule has 0 radical (unpaired) electrons. The number of carbonyl (C=O) groups is 2. The van der Waals surface area contributed by atoms with Crippen molar-refractivity contribution >= 4 is 23.5 Å². The number of ether oxygens (including phenoxy) is 1. The van der Waals surface area contributed by atoms with Gasteiger partial charge in [0.2, 0.25) is 0 Å². The fraction of sp³-hybridized carbons (Fsp3) is 0.385. The van der Waals surface area contributed by atoms with Crippen molar-refractivity contribution in [3.63, 3.8) is 0 Å². The van der Waals surface area contributed by atoms with Crippen LogP contribution < -0.4 is 5.73 Å². The van der Waals surface area contributed by atoms with Crippen molar-refractivity contribution in [3.05, 3.63) is 29.8 Å². The Morgan fingerprint density at radius 2 is 1.90 bits per heavy atom. The van der Waals surface area contributed by atoms with Crippen molar-refractivity contribution in [1.29, 1.82) is 0 Å². The summed E-state index contributed by atoms with van der Waals surface area (Å²) >= 11 is 5.67. The number of halogens is 1. The number of alkyl halides is 1. The number of rotatable bonds is 5. The molecule has 0 bridgehead atoms. The third-order valence-corrected chi connectivity index (χ3v) is 2.83. The molecule has 0 spiro atoms. The molecule has 0 saturated heterocycles. The van der Waals surface area contributed by atoms with Crippen LogP contribution in [-0.2, 0) is 20.7 Å². The largest absolute Gasteiger partial charge is 0.508 e. The van der Waals surface area contributed by atoms with Gasteiger partial charge in [-0.1, -0.05) is 23.7 Å². The minimum Gasteiger partial charge on any atom is -0.508 e. The molecule has 110 valence electrons. The first kappa shape index (κ1) is 16.3. The molecular formula is C13H17ClN2O4. The number of nitrogens with two attached hydrogens (primary N) is 1. The third-order valence-electron chi connectivity index (χ3n) is 2.55. The zero-order chi connectivity index (χ0) is 15.3. The van der Waals surface area contributed by atoms with Crippen LogP contribution in [0.5, 0.6) is 5.75 Å². The molecule has 0 aliphatic heterocycles. The van der Waals surface area contributed by atoms with E-state index in [1.807, 2.05) is 0 Å². The van der Waals surface area contributed by atoms with Crippen molar-refractivity contribution in [2.24, 2.45) is 5.73 Å². The van der Waals surface area contributed by atoms with E-state index in [1.165, 1.54) is 31.1 Å². The highest BCUT2D eigenvalue weighted by atomic mass is 35.5. The standard InChI is InChI=1S/C13H17ClN2O4/c1-16(2)12(18)11(14)20-13(19)10(15)7-8-3-5-9(17)6-4-8/h3-6,10-11,17H,7,15H2,1-2H3. The van der Waals surface area contributed by atoms with Gasteiger partial charge in [-0.25, -0.2) is 0 Å². The molecule has 7 heteroatoms. The van der Waals surface area contributed by atoms with Gasteiger partial charge in [0.1, 0.15) is 11.8 Å². The summed E-state index contributed by atoms with van der Waals surface area (Å²) < 4.78 is 4.79. The van der Waals surface area contributed by atoms with Gasteiger partial charge in [-0.05, 0) is 24.1 Å². The predicted octanol–water partition coefficient (Wildman–Crippen LogP) is 0.458. The fourth-order valence-electron chi connectivity index (χ4n) is 1.41. The van der Waals surface area contributed by atoms with Crippen LogP contribution in [0.25, 0.3) is 0 Å². The second-order valence-electron chi connectivity index (χ2n) is 4.46. The van der Waals surface area contributed by atoms with Crippen LogP contribution in [0.3, 0.4) is 0 Å². The lowest BCUT2D eigenvalue weighted by molar-refractivity contribution is -0.155. The second kappa shape index (κ2) is 7.12. The number of phenolic OH excluding ortho intramolecular Hbond substituents is 1. The Morgan fingerprint density at radius 3 is 2.40 bits per heavy atom. The van der Waals surface area contributed by atoms with Gasteiger partial charge in [-0.3, -0.25) is 9.59 Å². The Kier molecular flexibility index (Phi) is 5.79. The summed E-state index contributed by atoms with van der Waals surface area (Å²) in [6, 6.07) is 5.34. The molecule has 1 amide bonds. The molecular weight excluding hydrogens is 284 g/mol. The lowest BCUT2D eigenvalue weighted by Crippen LogP contribution is -2.40. The van der Waals surface area contributed by atoms with Gasteiger partial charge >= 0.3 is 5.97 Å². The first-order valence-corrected chi connectivity index (χ1v) is 6.34. The van der Waals surface area contributed by atoms with Gasteiger partial charge in [0.05, 0.1) is 0 Å². The molecule has 0 saturated carbocycles. The molecule has 2 unspecified atom stereocenters. The van der Waals surface area contributed by atoms with Gasteiger partial charge in [0, 0.05) is 14.1 Å². The lowest BCUT2D eigenvalue weighted by Gasteiger charge is -2.17. The van der Waals surface area contributed by atoms with Gasteiger partial charge in [-0.2, -0.15) is 0 Å².